The standard InChI is InChI=1S/C66H85FN10O11S2/c1-40(78)13-9-14-44-15-10-16-46(31-44)34-54(62(83)75-55(61(82)69-6)35-49-37-71-53-24-21-50(67)36-52(49)53)74-60(81)42(3)73-59(80)41(2)72-57(79)25-29-89-38-47-17-11-18-48(32-47)39-90-30-27-70-65(86)66(5)26-12-28-77(66)64(85)56(76-63(84)58(68)43(4)87-7)33-45-19-22-51(88-8)23-20-45/h9-11,14-24,31-32,36-37,41-43,54-56,58,71H,12-13,25-30,33-35,38-39,68H2,1-8H3,(H,69,82)(H,70,86)(H,72,79)(H,73,80)(H,74,81)(H,75,83)(H,76,84)/b14-9+/t41-,42+,43+,54-,55-,56-,58-,66-/m0/s1. The normalized spacial score (nSPS) is 16.2. The second-order valence-electron chi connectivity index (χ2n) is 22.6. The topological polar surface area (TPSA) is 301 Å². The average Bonchev–Trinajstić information content (AvgIpc) is 1.62. The Hall–Kier alpha value is -8.06. The number of aromatic amines is 1. The van der Waals surface area contributed by atoms with Crippen molar-refractivity contribution in [3.8, 4) is 5.75 Å². The van der Waals surface area contributed by atoms with Gasteiger partial charge in [0.2, 0.25) is 47.3 Å². The monoisotopic (exact) mass is 1280 g/mol. The highest BCUT2D eigenvalue weighted by Gasteiger charge is 2.47. The number of carbonyl (C=O) groups excluding carboxylic acids is 9. The quantitative estimate of drug-likeness (QED) is 0.0246. The molecule has 0 bridgehead atoms. The molecule has 1 aromatic heterocycles. The average molecular weight is 1280 g/mol. The lowest BCUT2D eigenvalue weighted by molar-refractivity contribution is -0.146. The van der Waals surface area contributed by atoms with E-state index in [1.54, 1.807) is 104 Å². The van der Waals surface area contributed by atoms with Gasteiger partial charge in [-0.2, -0.15) is 23.5 Å². The molecule has 1 fully saturated rings. The van der Waals surface area contributed by atoms with Crippen LogP contribution in [0, 0.1) is 5.82 Å². The molecule has 8 amide bonds. The SMILES string of the molecule is CNC(=O)[C@H](Cc1c[nH]c2ccc(F)cc12)NC(=O)[C@H](Cc1cccc(/C=C/CC(C)=O)c1)NC(=O)[C@@H](C)NC(=O)[C@H](C)NC(=O)CCSCc1cccc(CSCCNC(=O)[C@]2(C)CCCN2C(=O)[C@H](Cc2ccc(OC)cc2)NC(=O)[C@@H](N)[C@@H](C)OC)c1. The molecule has 5 aromatic rings. The maximum atomic E-state index is 14.3. The molecule has 0 saturated carbocycles. The summed E-state index contributed by atoms with van der Waals surface area (Å²) in [4.78, 5) is 125. The number of allylic oxidation sites excluding steroid dienone is 1. The van der Waals surface area contributed by atoms with Gasteiger partial charge in [-0.3, -0.25) is 43.2 Å². The molecule has 0 aliphatic carbocycles. The van der Waals surface area contributed by atoms with Crippen LogP contribution in [0.5, 0.6) is 5.75 Å². The van der Waals surface area contributed by atoms with Crippen LogP contribution in [0.15, 0.2) is 103 Å². The molecule has 1 saturated heterocycles. The van der Waals surface area contributed by atoms with Crippen molar-refractivity contribution in [3.05, 3.63) is 142 Å². The minimum absolute atomic E-state index is 0.00927. The summed E-state index contributed by atoms with van der Waals surface area (Å²) in [5.74, 6) is -1.58. The summed E-state index contributed by atoms with van der Waals surface area (Å²) in [7, 11) is 4.43. The first-order chi connectivity index (χ1) is 43.0. The summed E-state index contributed by atoms with van der Waals surface area (Å²) >= 11 is 3.20. The third-order valence-corrected chi connectivity index (χ3v) is 17.7. The van der Waals surface area contributed by atoms with Crippen LogP contribution in [-0.2, 0) is 78.7 Å². The van der Waals surface area contributed by atoms with Crippen molar-refractivity contribution in [3.63, 3.8) is 0 Å². The van der Waals surface area contributed by atoms with Gasteiger partial charge in [0.05, 0.1) is 13.2 Å². The Bertz CT molecular complexity index is 3350. The number of ketones is 1. The lowest BCUT2D eigenvalue weighted by Crippen LogP contribution is -2.61. The lowest BCUT2D eigenvalue weighted by atomic mass is 9.95. The van der Waals surface area contributed by atoms with Gasteiger partial charge in [0.1, 0.15) is 59.1 Å². The second kappa shape index (κ2) is 34.8. The summed E-state index contributed by atoms with van der Waals surface area (Å²) < 4.78 is 24.8. The number of carbonyl (C=O) groups is 9. The molecule has 4 aromatic carbocycles. The molecule has 0 radical (unpaired) electrons. The number of H-pyrrole nitrogens is 1. The predicted octanol–water partition coefficient (Wildman–Crippen LogP) is 4.96. The number of rotatable bonds is 34. The Labute approximate surface area is 533 Å². The van der Waals surface area contributed by atoms with Gasteiger partial charge in [-0.25, -0.2) is 4.39 Å². The van der Waals surface area contributed by atoms with Gasteiger partial charge >= 0.3 is 0 Å². The third kappa shape index (κ3) is 21.0. The zero-order chi connectivity index (χ0) is 65.5. The smallest absolute Gasteiger partial charge is 0.246 e. The van der Waals surface area contributed by atoms with Crippen LogP contribution in [0.25, 0.3) is 17.0 Å². The molecule has 6 rings (SSSR count). The molecular weight excluding hydrogens is 1190 g/mol. The molecule has 90 heavy (non-hydrogen) atoms. The Balaban J connectivity index is 0.947. The first-order valence-electron chi connectivity index (χ1n) is 30.0. The first kappa shape index (κ1) is 71.0. The van der Waals surface area contributed by atoms with E-state index in [9.17, 15) is 47.5 Å². The second-order valence-corrected chi connectivity index (χ2v) is 24.8. The Kier molecular flexibility index (Phi) is 27.4. The van der Waals surface area contributed by atoms with Crippen LogP contribution in [-0.4, -0.2) is 157 Å². The molecule has 24 heteroatoms. The number of hydrogen-bond donors (Lipinski definition) is 9. The van der Waals surface area contributed by atoms with Crippen LogP contribution in [0.1, 0.15) is 93.7 Å². The number of likely N-dealkylation sites (N-methyl/N-ethyl adjacent to an activating group) is 1. The highest BCUT2D eigenvalue weighted by atomic mass is 32.2. The van der Waals surface area contributed by atoms with Gasteiger partial charge in [0, 0.05) is 99.5 Å². The van der Waals surface area contributed by atoms with Crippen molar-refractivity contribution in [2.75, 3.05) is 45.9 Å². The number of nitrogens with zero attached hydrogens (tertiary/aromatic N) is 1. The Morgan fingerprint density at radius 3 is 2.04 bits per heavy atom. The largest absolute Gasteiger partial charge is 0.497 e. The van der Waals surface area contributed by atoms with E-state index in [1.165, 1.54) is 47.1 Å². The fraction of sp³-hybridized carbons (Fsp3) is 0.439. The molecule has 0 unspecified atom stereocenters. The van der Waals surface area contributed by atoms with Gasteiger partial charge in [-0.15, -0.1) is 0 Å². The number of thioether (sulfide) groups is 2. The molecule has 1 aliphatic rings. The molecule has 1 aliphatic heterocycles. The van der Waals surface area contributed by atoms with Crippen LogP contribution < -0.4 is 47.7 Å². The molecule has 10 N–H and O–H groups in total. The van der Waals surface area contributed by atoms with Crippen LogP contribution in [0.4, 0.5) is 4.39 Å². The Morgan fingerprint density at radius 2 is 1.36 bits per heavy atom. The van der Waals surface area contributed by atoms with Crippen LogP contribution >= 0.6 is 23.5 Å². The molecule has 0 spiro atoms. The van der Waals surface area contributed by atoms with Crippen molar-refractivity contribution in [1.29, 1.82) is 0 Å². The maximum Gasteiger partial charge on any atom is 0.246 e. The molecule has 484 valence electrons. The summed E-state index contributed by atoms with van der Waals surface area (Å²) in [6.45, 7) is 8.57. The van der Waals surface area contributed by atoms with Gasteiger partial charge in [-0.05, 0) is 111 Å². The van der Waals surface area contributed by atoms with Crippen LogP contribution in [0.2, 0.25) is 0 Å². The van der Waals surface area contributed by atoms with Gasteiger partial charge in [0.25, 0.3) is 0 Å². The minimum atomic E-state index is -1.25. The molecule has 8 atom stereocenters. The minimum Gasteiger partial charge on any atom is -0.497 e. The number of fused-ring (bicyclic) bond motifs is 1. The van der Waals surface area contributed by atoms with Crippen molar-refractivity contribution in [1.82, 2.24) is 47.1 Å². The summed E-state index contributed by atoms with van der Waals surface area (Å²) in [6, 6.07) is 20.1. The van der Waals surface area contributed by atoms with E-state index in [4.69, 9.17) is 15.2 Å². The van der Waals surface area contributed by atoms with Gasteiger partial charge in [0.15, 0.2) is 0 Å². The number of Topliss-reactive ketones (excluding diaryl/α,β-unsaturated/α-hetero) is 1. The number of methoxy groups -OCH3 is 2. The van der Waals surface area contributed by atoms with E-state index in [1.807, 2.05) is 36.4 Å². The van der Waals surface area contributed by atoms with Crippen molar-refractivity contribution >= 4 is 93.5 Å². The van der Waals surface area contributed by atoms with E-state index in [0.29, 0.717) is 76.7 Å². The Morgan fingerprint density at radius 1 is 0.722 bits per heavy atom. The van der Waals surface area contributed by atoms with Gasteiger partial charge in [-0.1, -0.05) is 72.8 Å². The third-order valence-electron chi connectivity index (χ3n) is 15.6. The number of nitrogens with two attached hydrogens (primary N) is 1. The number of nitrogens with one attached hydrogen (secondary N) is 8. The number of benzene rings is 4. The number of amides is 8. The number of aromatic nitrogens is 1. The van der Waals surface area contributed by atoms with Crippen LogP contribution in [0.3, 0.4) is 0 Å². The number of hydrogen-bond acceptors (Lipinski definition) is 14. The summed E-state index contributed by atoms with van der Waals surface area (Å²) in [5.41, 5.74) is 10.6. The zero-order valence-corrected chi connectivity index (χ0v) is 54.0. The highest BCUT2D eigenvalue weighted by molar-refractivity contribution is 7.98. The maximum absolute atomic E-state index is 14.3. The fourth-order valence-corrected chi connectivity index (χ4v) is 11.9. The van der Waals surface area contributed by atoms with Crippen molar-refractivity contribution in [2.45, 2.75) is 139 Å². The summed E-state index contributed by atoms with van der Waals surface area (Å²) in [5, 5.41) is 19.8. The predicted molar refractivity (Wildman–Crippen MR) is 348 cm³/mol. The van der Waals surface area contributed by atoms with E-state index in [2.05, 4.69) is 48.3 Å². The van der Waals surface area contributed by atoms with Crippen molar-refractivity contribution in [2.24, 2.45) is 5.73 Å². The molecule has 21 nitrogen and oxygen atoms in total. The highest BCUT2D eigenvalue weighted by Crippen LogP contribution is 2.31. The first-order valence-corrected chi connectivity index (χ1v) is 32.3. The van der Waals surface area contributed by atoms with E-state index in [-0.39, 0.29) is 55.6 Å². The van der Waals surface area contributed by atoms with E-state index < -0.39 is 83.2 Å². The molecule has 2 heterocycles. The number of likely N-dealkylation sites (tertiary alicyclic amines) is 1. The van der Waals surface area contributed by atoms with Crippen molar-refractivity contribution < 1.29 is 57.0 Å². The fourth-order valence-electron chi connectivity index (χ4n) is 10.3. The number of halogens is 1. The summed E-state index contributed by atoms with van der Waals surface area (Å²) in [6.07, 6.45) is 6.10. The lowest BCUT2D eigenvalue weighted by Gasteiger charge is -2.36. The van der Waals surface area contributed by atoms with Gasteiger partial charge < -0.3 is 62.3 Å². The molecular formula is C66H85FN10O11S2. The zero-order valence-electron chi connectivity index (χ0n) is 52.3. The van der Waals surface area contributed by atoms with E-state index >= 15 is 0 Å². The van der Waals surface area contributed by atoms with E-state index in [0.717, 1.165) is 22.3 Å². The number of ether oxygens (including phenoxy) is 2.